The van der Waals surface area contributed by atoms with Crippen LogP contribution in [0.3, 0.4) is 0 Å². The molecule has 0 aromatic carbocycles. The molecule has 9 N–H and O–H groups in total. The highest BCUT2D eigenvalue weighted by atomic mass is 32.3. The van der Waals surface area contributed by atoms with Crippen LogP contribution in [-0.2, 0) is 52.6 Å². The van der Waals surface area contributed by atoms with E-state index >= 15 is 0 Å². The second kappa shape index (κ2) is 20.8. The molecule has 304 valence electrons. The maximum Gasteiger partial charge on any atom is 0.219 e. The maximum absolute atomic E-state index is 12.5. The predicted octanol–water partition coefficient (Wildman–Crippen LogP) is -4.42. The van der Waals surface area contributed by atoms with Crippen molar-refractivity contribution in [2.45, 2.75) is 151 Å². The van der Waals surface area contributed by atoms with Gasteiger partial charge in [0.05, 0.1) is 19.3 Å². The van der Waals surface area contributed by atoms with Crippen molar-refractivity contribution in [3.05, 3.63) is 0 Å². The summed E-state index contributed by atoms with van der Waals surface area (Å²) in [6.45, 7) is 0.858. The SMILES string of the molecule is CNC(=O)CCCCCCCCO[C@@H]1O[C@H](CO)[C@@H](O[C@@H]2O[C@H](CO)[C@H](O)[C@H](OS(=O)(=O)[O-])[C@H]2O)[C@H](O[C@@H]2O[C@@H](C)[C@@H](O)[C@@H](O)[C@@H]2O)[C@H]1NC(C)=O. The van der Waals surface area contributed by atoms with Crippen LogP contribution in [0.2, 0.25) is 0 Å². The van der Waals surface area contributed by atoms with Crippen molar-refractivity contribution in [3.63, 3.8) is 0 Å². The molecule has 15 atom stereocenters. The van der Waals surface area contributed by atoms with Crippen molar-refractivity contribution in [2.24, 2.45) is 0 Å². The van der Waals surface area contributed by atoms with E-state index in [1.807, 2.05) is 0 Å². The largest absolute Gasteiger partial charge is 0.726 e. The number of unbranched alkanes of at least 4 members (excludes halogenated alkanes) is 5. The molecule has 0 saturated carbocycles. The Morgan fingerprint density at radius 1 is 0.731 bits per heavy atom. The molecule has 0 radical (unpaired) electrons. The monoisotopic (exact) mass is 777 g/mol. The summed E-state index contributed by atoms with van der Waals surface area (Å²) in [5, 5.41) is 78.2. The number of aliphatic hydroxyl groups excluding tert-OH is 7. The van der Waals surface area contributed by atoms with Gasteiger partial charge in [-0.25, -0.2) is 8.42 Å². The lowest BCUT2D eigenvalue weighted by molar-refractivity contribution is -0.372. The second-order valence-electron chi connectivity index (χ2n) is 12.9. The van der Waals surface area contributed by atoms with Gasteiger partial charge in [-0.1, -0.05) is 25.7 Å². The Kier molecular flexibility index (Phi) is 17.9. The molecule has 3 aliphatic rings. The van der Waals surface area contributed by atoms with Crippen LogP contribution in [0.1, 0.15) is 58.8 Å². The molecule has 3 aliphatic heterocycles. The summed E-state index contributed by atoms with van der Waals surface area (Å²) in [6.07, 6.45) is -18.9. The molecule has 21 nitrogen and oxygen atoms in total. The summed E-state index contributed by atoms with van der Waals surface area (Å²) in [4.78, 5) is 23.9. The first-order chi connectivity index (χ1) is 24.5. The number of hydrogen-bond donors (Lipinski definition) is 9. The molecule has 2 amide bonds. The van der Waals surface area contributed by atoms with E-state index in [9.17, 15) is 58.3 Å². The fourth-order valence-electron chi connectivity index (χ4n) is 6.18. The molecule has 3 saturated heterocycles. The molecule has 3 rings (SSSR count). The summed E-state index contributed by atoms with van der Waals surface area (Å²) in [5.41, 5.74) is 0. The third-order valence-electron chi connectivity index (χ3n) is 9.00. The van der Waals surface area contributed by atoms with E-state index < -0.39 is 122 Å². The first kappa shape index (κ1) is 44.7. The lowest BCUT2D eigenvalue weighted by atomic mass is 9.94. The number of hydrogen-bond acceptors (Lipinski definition) is 19. The zero-order valence-corrected chi connectivity index (χ0v) is 30.0. The van der Waals surface area contributed by atoms with Gasteiger partial charge in [-0.3, -0.25) is 13.8 Å². The van der Waals surface area contributed by atoms with Gasteiger partial charge in [-0.15, -0.1) is 0 Å². The van der Waals surface area contributed by atoms with E-state index in [4.69, 9.17) is 28.4 Å². The third-order valence-corrected chi connectivity index (χ3v) is 9.45. The molecule has 0 aromatic rings. The van der Waals surface area contributed by atoms with Gasteiger partial charge in [-0.2, -0.15) is 0 Å². The van der Waals surface area contributed by atoms with Gasteiger partial charge >= 0.3 is 0 Å². The van der Waals surface area contributed by atoms with Crippen molar-refractivity contribution < 1.29 is 90.9 Å². The molecular weight excluding hydrogens is 724 g/mol. The fraction of sp³-hybridized carbons (Fsp3) is 0.933. The topological polar surface area (TPSA) is 322 Å². The Labute approximate surface area is 301 Å². The second-order valence-corrected chi connectivity index (χ2v) is 13.9. The summed E-state index contributed by atoms with van der Waals surface area (Å²) in [6, 6.07) is -1.33. The number of carbonyl (C=O) groups excluding carboxylic acids is 2. The number of carbonyl (C=O) groups is 2. The Hall–Kier alpha value is -1.71. The van der Waals surface area contributed by atoms with Crippen LogP contribution < -0.4 is 10.6 Å². The molecule has 3 fully saturated rings. The average Bonchev–Trinajstić information content (AvgIpc) is 3.09. The maximum atomic E-state index is 12.5. The normalized spacial score (nSPS) is 38.5. The van der Waals surface area contributed by atoms with E-state index in [1.165, 1.54) is 6.92 Å². The van der Waals surface area contributed by atoms with E-state index in [0.717, 1.165) is 39.0 Å². The lowest BCUT2D eigenvalue weighted by Gasteiger charge is -2.50. The highest BCUT2D eigenvalue weighted by Crippen LogP contribution is 2.34. The summed E-state index contributed by atoms with van der Waals surface area (Å²) in [7, 11) is -3.94. The van der Waals surface area contributed by atoms with Gasteiger partial charge in [0.25, 0.3) is 0 Å². The molecular formula is C30H53N2O19S-. The van der Waals surface area contributed by atoms with Crippen molar-refractivity contribution in [3.8, 4) is 0 Å². The smallest absolute Gasteiger partial charge is 0.219 e. The van der Waals surface area contributed by atoms with Crippen LogP contribution in [0.25, 0.3) is 0 Å². The van der Waals surface area contributed by atoms with Crippen LogP contribution >= 0.6 is 0 Å². The van der Waals surface area contributed by atoms with Crippen molar-refractivity contribution >= 4 is 22.2 Å². The molecule has 0 unspecified atom stereocenters. The highest BCUT2D eigenvalue weighted by Gasteiger charge is 2.55. The minimum atomic E-state index is -5.52. The number of ether oxygens (including phenoxy) is 6. The first-order valence-electron chi connectivity index (χ1n) is 17.2. The van der Waals surface area contributed by atoms with Crippen LogP contribution in [0, 0.1) is 0 Å². The first-order valence-corrected chi connectivity index (χ1v) is 18.5. The van der Waals surface area contributed by atoms with Gasteiger partial charge in [0.15, 0.2) is 18.9 Å². The fourth-order valence-corrected chi connectivity index (χ4v) is 6.68. The predicted molar refractivity (Wildman–Crippen MR) is 170 cm³/mol. The lowest BCUT2D eigenvalue weighted by Crippen LogP contribution is -2.70. The molecule has 22 heteroatoms. The summed E-state index contributed by atoms with van der Waals surface area (Å²) < 4.78 is 73.6. The van der Waals surface area contributed by atoms with Gasteiger partial charge < -0.3 is 79.4 Å². The van der Waals surface area contributed by atoms with Gasteiger partial charge in [-0.05, 0) is 19.8 Å². The molecule has 0 aromatic heterocycles. The van der Waals surface area contributed by atoms with E-state index in [0.29, 0.717) is 12.8 Å². The van der Waals surface area contributed by atoms with Crippen LogP contribution in [-0.4, -0.2) is 179 Å². The van der Waals surface area contributed by atoms with Gasteiger partial charge in [0.2, 0.25) is 22.2 Å². The molecule has 52 heavy (non-hydrogen) atoms. The zero-order valence-electron chi connectivity index (χ0n) is 29.2. The number of nitrogens with one attached hydrogen (secondary N) is 2. The molecule has 3 heterocycles. The Bertz CT molecular complexity index is 1220. The van der Waals surface area contributed by atoms with Crippen LogP contribution in [0.15, 0.2) is 0 Å². The number of amides is 2. The summed E-state index contributed by atoms with van der Waals surface area (Å²) >= 11 is 0. The Morgan fingerprint density at radius 2 is 1.31 bits per heavy atom. The highest BCUT2D eigenvalue weighted by molar-refractivity contribution is 7.80. The zero-order chi connectivity index (χ0) is 38.7. The number of aliphatic hydroxyl groups is 7. The van der Waals surface area contributed by atoms with Gasteiger partial charge in [0.1, 0.15) is 67.1 Å². The standard InChI is InChI=1S/C30H54N2O19S/c1-14-20(37)22(39)23(40)29(46-14)50-26-19(32-15(2)35)28(45-11-9-7-5-4-6-8-10-18(36)31-3)48-17(13-34)25(26)49-30-24(41)27(51-52(42,43)44)21(38)16(12-33)47-30/h14,16-17,19-30,33-34,37-41H,4-13H2,1-3H3,(H,31,36)(H,32,35)(H,42,43,44)/p-1/t14-,16+,17+,19+,20+,21-,22+,23-,24+,25+,26+,27-,28+,29-,30-/m0/s1. The Balaban J connectivity index is 1.86. The van der Waals surface area contributed by atoms with E-state index in [-0.39, 0.29) is 12.5 Å². The Morgan fingerprint density at radius 3 is 1.90 bits per heavy atom. The molecule has 0 bridgehead atoms. The average molecular weight is 778 g/mol. The van der Waals surface area contributed by atoms with Crippen LogP contribution in [0.5, 0.6) is 0 Å². The van der Waals surface area contributed by atoms with E-state index in [1.54, 1.807) is 7.05 Å². The van der Waals surface area contributed by atoms with Gasteiger partial charge in [0, 0.05) is 27.0 Å². The molecule has 0 spiro atoms. The van der Waals surface area contributed by atoms with Crippen LogP contribution in [0.4, 0.5) is 0 Å². The third kappa shape index (κ3) is 12.4. The minimum absolute atomic E-state index is 0.0259. The van der Waals surface area contributed by atoms with E-state index in [2.05, 4.69) is 14.8 Å². The minimum Gasteiger partial charge on any atom is -0.726 e. The molecule has 0 aliphatic carbocycles. The van der Waals surface area contributed by atoms with Crippen molar-refractivity contribution in [2.75, 3.05) is 26.9 Å². The quantitative estimate of drug-likeness (QED) is 0.0339. The number of rotatable bonds is 19. The van der Waals surface area contributed by atoms with Crippen molar-refractivity contribution in [1.29, 1.82) is 0 Å². The van der Waals surface area contributed by atoms with Crippen molar-refractivity contribution in [1.82, 2.24) is 10.6 Å². The summed E-state index contributed by atoms with van der Waals surface area (Å²) in [5.74, 6) is -0.656.